The molecule has 0 aliphatic rings. The second kappa shape index (κ2) is 4.87. The number of fused-ring (bicyclic) bond motifs is 1. The van der Waals surface area contributed by atoms with Crippen LogP contribution in [0.25, 0.3) is 4.96 Å². The molecule has 0 unspecified atom stereocenters. The Bertz CT molecular complexity index is 854. The largest absolute Gasteiger partial charge is 0.478 e. The molecule has 3 rings (SSSR count). The van der Waals surface area contributed by atoms with Crippen molar-refractivity contribution >= 4 is 28.1 Å². The fraction of sp³-hybridized carbons (Fsp3) is 0. The van der Waals surface area contributed by atoms with Crippen molar-refractivity contribution in [3.63, 3.8) is 0 Å². The van der Waals surface area contributed by atoms with Crippen LogP contribution >= 0.6 is 11.3 Å². The molecule has 0 bridgehead atoms. The van der Waals surface area contributed by atoms with Crippen molar-refractivity contribution in [3.8, 4) is 11.6 Å². The minimum Gasteiger partial charge on any atom is -0.478 e. The van der Waals surface area contributed by atoms with Gasteiger partial charge < -0.3 is 20.0 Å². The van der Waals surface area contributed by atoms with Crippen LogP contribution in [0.1, 0.15) is 10.4 Å². The zero-order chi connectivity index (χ0) is 15.0. The minimum atomic E-state index is -1.19. The first-order valence-electron chi connectivity index (χ1n) is 5.68. The molecule has 0 spiro atoms. The molecule has 1 N–H and O–H groups in total. The van der Waals surface area contributed by atoms with Crippen molar-refractivity contribution in [2.45, 2.75) is 0 Å². The number of para-hydroxylation sites is 1. The molecule has 0 saturated heterocycles. The highest BCUT2D eigenvalue weighted by atomic mass is 32.1. The van der Waals surface area contributed by atoms with Gasteiger partial charge in [0, 0.05) is 5.38 Å². The topological polar surface area (TPSA) is 107 Å². The lowest BCUT2D eigenvalue weighted by atomic mass is 10.2. The Hall–Kier alpha value is -2.94. The molecule has 0 saturated carbocycles. The van der Waals surface area contributed by atoms with Crippen LogP contribution in [0.2, 0.25) is 0 Å². The maximum Gasteiger partial charge on any atom is 0.393 e. The van der Waals surface area contributed by atoms with E-state index in [9.17, 15) is 14.9 Å². The zero-order valence-electron chi connectivity index (χ0n) is 10.3. The van der Waals surface area contributed by atoms with Gasteiger partial charge in [-0.1, -0.05) is 23.5 Å². The van der Waals surface area contributed by atoms with Crippen LogP contribution in [0.3, 0.4) is 0 Å². The zero-order valence-corrected chi connectivity index (χ0v) is 11.1. The molecule has 1 aromatic carbocycles. The van der Waals surface area contributed by atoms with Crippen molar-refractivity contribution < 1.29 is 19.6 Å². The second-order valence-electron chi connectivity index (χ2n) is 3.96. The lowest BCUT2D eigenvalue weighted by Crippen LogP contribution is -2.01. The van der Waals surface area contributed by atoms with Gasteiger partial charge in [0.05, 0.1) is 0 Å². The Kier molecular flexibility index (Phi) is 3.03. The number of rotatable bonds is 4. The number of aromatic carboxylic acids is 1. The number of nitrogens with zero attached hydrogens (tertiary/aromatic N) is 3. The van der Waals surface area contributed by atoms with E-state index in [-0.39, 0.29) is 23.0 Å². The summed E-state index contributed by atoms with van der Waals surface area (Å²) in [4.78, 5) is 26.1. The average molecular weight is 305 g/mol. The third-order valence-electron chi connectivity index (χ3n) is 2.70. The van der Waals surface area contributed by atoms with Crippen LogP contribution in [0, 0.1) is 10.1 Å². The summed E-state index contributed by atoms with van der Waals surface area (Å²) in [6.45, 7) is 0. The Labute approximate surface area is 121 Å². The van der Waals surface area contributed by atoms with Gasteiger partial charge in [0.15, 0.2) is 0 Å². The van der Waals surface area contributed by atoms with E-state index in [2.05, 4.69) is 4.98 Å². The number of nitro groups is 1. The van der Waals surface area contributed by atoms with Gasteiger partial charge in [0.25, 0.3) is 4.96 Å². The number of hydrogen-bond acceptors (Lipinski definition) is 6. The van der Waals surface area contributed by atoms with Gasteiger partial charge in [0.2, 0.25) is 0 Å². The minimum absolute atomic E-state index is 0.00106. The smallest absolute Gasteiger partial charge is 0.393 e. The Balaban J connectivity index is 2.10. The van der Waals surface area contributed by atoms with E-state index in [4.69, 9.17) is 9.84 Å². The number of aromatic nitrogens is 2. The molecule has 106 valence electrons. The van der Waals surface area contributed by atoms with Crippen molar-refractivity contribution in [1.82, 2.24) is 9.38 Å². The standard InChI is InChI=1S/C12H7N3O5S/c16-11(17)7-3-1-2-4-8(7)20-9-10(15(18)19)14-5-6-21-12(14)13-9/h1-6H,(H,16,17). The molecule has 2 heterocycles. The van der Waals surface area contributed by atoms with Gasteiger partial charge in [-0.05, 0) is 17.1 Å². The van der Waals surface area contributed by atoms with Crippen molar-refractivity contribution in [3.05, 3.63) is 51.5 Å². The lowest BCUT2D eigenvalue weighted by Gasteiger charge is -2.05. The van der Waals surface area contributed by atoms with Crippen LogP contribution in [0.5, 0.6) is 11.6 Å². The molecule has 0 atom stereocenters. The van der Waals surface area contributed by atoms with E-state index < -0.39 is 10.9 Å². The summed E-state index contributed by atoms with van der Waals surface area (Å²) < 4.78 is 6.64. The first-order chi connectivity index (χ1) is 10.1. The maximum atomic E-state index is 11.2. The average Bonchev–Trinajstić information content (AvgIpc) is 2.98. The summed E-state index contributed by atoms with van der Waals surface area (Å²) in [5, 5.41) is 21.9. The number of imidazole rings is 1. The van der Waals surface area contributed by atoms with Crippen LogP contribution in [0.4, 0.5) is 5.82 Å². The van der Waals surface area contributed by atoms with Gasteiger partial charge in [-0.15, -0.1) is 0 Å². The van der Waals surface area contributed by atoms with Gasteiger partial charge in [-0.3, -0.25) is 0 Å². The highest BCUT2D eigenvalue weighted by molar-refractivity contribution is 7.15. The summed E-state index contributed by atoms with van der Waals surface area (Å²) in [6.07, 6.45) is 1.50. The number of benzene rings is 1. The normalized spacial score (nSPS) is 10.7. The second-order valence-corrected chi connectivity index (χ2v) is 4.83. The van der Waals surface area contributed by atoms with Crippen LogP contribution < -0.4 is 4.74 Å². The summed E-state index contributed by atoms with van der Waals surface area (Å²) in [5.74, 6) is -1.76. The van der Waals surface area contributed by atoms with Gasteiger partial charge in [-0.25, -0.2) is 4.79 Å². The Morgan fingerprint density at radius 3 is 2.90 bits per heavy atom. The molecule has 0 amide bonds. The third-order valence-corrected chi connectivity index (χ3v) is 3.46. The van der Waals surface area contributed by atoms with Gasteiger partial charge >= 0.3 is 17.7 Å². The van der Waals surface area contributed by atoms with Crippen molar-refractivity contribution in [1.29, 1.82) is 0 Å². The molecule has 2 aromatic heterocycles. The number of hydrogen-bond donors (Lipinski definition) is 1. The fourth-order valence-electron chi connectivity index (χ4n) is 1.83. The molecule has 21 heavy (non-hydrogen) atoms. The predicted octanol–water partition coefficient (Wildman–Crippen LogP) is 2.79. The van der Waals surface area contributed by atoms with E-state index in [1.807, 2.05) is 0 Å². The van der Waals surface area contributed by atoms with E-state index in [1.165, 1.54) is 40.1 Å². The monoisotopic (exact) mass is 305 g/mol. The first kappa shape index (κ1) is 13.1. The summed E-state index contributed by atoms with van der Waals surface area (Å²) in [6, 6.07) is 5.88. The first-order valence-corrected chi connectivity index (χ1v) is 6.56. The SMILES string of the molecule is O=C(O)c1ccccc1Oc1nc2sccn2c1[N+](=O)[O-]. The van der Waals surface area contributed by atoms with Gasteiger partial charge in [-0.2, -0.15) is 9.38 Å². The number of carboxylic acids is 1. The summed E-state index contributed by atoms with van der Waals surface area (Å²) in [5.41, 5.74) is -0.0943. The molecule has 8 nitrogen and oxygen atoms in total. The van der Waals surface area contributed by atoms with E-state index in [1.54, 1.807) is 11.4 Å². The summed E-state index contributed by atoms with van der Waals surface area (Å²) >= 11 is 1.21. The molecule has 0 fully saturated rings. The number of carboxylic acid groups (broad SMARTS) is 1. The number of thiazole rings is 1. The molecule has 0 radical (unpaired) electrons. The van der Waals surface area contributed by atoms with E-state index >= 15 is 0 Å². The number of carbonyl (C=O) groups is 1. The van der Waals surface area contributed by atoms with E-state index in [0.717, 1.165) is 0 Å². The summed E-state index contributed by atoms with van der Waals surface area (Å²) in [7, 11) is 0. The van der Waals surface area contributed by atoms with Crippen molar-refractivity contribution in [2.75, 3.05) is 0 Å². The van der Waals surface area contributed by atoms with Crippen LogP contribution in [0.15, 0.2) is 35.8 Å². The third kappa shape index (κ3) is 2.19. The molecular formula is C12H7N3O5S. The highest BCUT2D eigenvalue weighted by Crippen LogP contribution is 2.34. The maximum absolute atomic E-state index is 11.2. The number of ether oxygens (including phenoxy) is 1. The highest BCUT2D eigenvalue weighted by Gasteiger charge is 2.26. The van der Waals surface area contributed by atoms with Crippen LogP contribution in [-0.4, -0.2) is 25.4 Å². The molecular weight excluding hydrogens is 298 g/mol. The van der Waals surface area contributed by atoms with Crippen LogP contribution in [-0.2, 0) is 0 Å². The van der Waals surface area contributed by atoms with E-state index in [0.29, 0.717) is 4.96 Å². The fourth-order valence-corrected chi connectivity index (χ4v) is 2.53. The predicted molar refractivity (Wildman–Crippen MR) is 73.2 cm³/mol. The Morgan fingerprint density at radius 1 is 1.43 bits per heavy atom. The molecule has 0 aliphatic carbocycles. The molecule has 0 aliphatic heterocycles. The molecule has 9 heteroatoms. The lowest BCUT2D eigenvalue weighted by molar-refractivity contribution is -0.391. The Morgan fingerprint density at radius 2 is 2.19 bits per heavy atom. The van der Waals surface area contributed by atoms with Crippen molar-refractivity contribution in [2.24, 2.45) is 0 Å². The molecule has 3 aromatic rings. The van der Waals surface area contributed by atoms with Gasteiger partial charge in [0.1, 0.15) is 17.5 Å². The quantitative estimate of drug-likeness (QED) is 0.586.